The molecule has 2 heterocycles. The van der Waals surface area contributed by atoms with Gasteiger partial charge in [0, 0.05) is 18.0 Å². The molecule has 0 bridgehead atoms. The molecular weight excluding hydrogens is 236 g/mol. The highest BCUT2D eigenvalue weighted by Crippen LogP contribution is 2.21. The van der Waals surface area contributed by atoms with E-state index in [0.717, 1.165) is 16.4 Å². The van der Waals surface area contributed by atoms with Gasteiger partial charge in [0.15, 0.2) is 0 Å². The molecule has 0 unspecified atom stereocenters. The lowest BCUT2D eigenvalue weighted by molar-refractivity contribution is -0.137. The van der Waals surface area contributed by atoms with Gasteiger partial charge in [-0.1, -0.05) is 6.07 Å². The Balaban J connectivity index is 1.99. The van der Waals surface area contributed by atoms with E-state index < -0.39 is 5.97 Å². The second-order valence-electron chi connectivity index (χ2n) is 3.61. The molecule has 0 atom stereocenters. The van der Waals surface area contributed by atoms with E-state index in [9.17, 15) is 4.79 Å². The van der Waals surface area contributed by atoms with E-state index in [-0.39, 0.29) is 6.42 Å². The molecule has 17 heavy (non-hydrogen) atoms. The van der Waals surface area contributed by atoms with Gasteiger partial charge in [0.1, 0.15) is 5.01 Å². The highest BCUT2D eigenvalue weighted by atomic mass is 32.1. The van der Waals surface area contributed by atoms with E-state index in [1.165, 1.54) is 0 Å². The number of aromatic nitrogens is 2. The number of thiazole rings is 1. The third-order valence-electron chi connectivity index (χ3n) is 2.26. The van der Waals surface area contributed by atoms with Gasteiger partial charge in [0.05, 0.1) is 11.4 Å². The van der Waals surface area contributed by atoms with Crippen LogP contribution in [0.25, 0.3) is 10.7 Å². The molecular formula is C12H12N2O2S. The van der Waals surface area contributed by atoms with Crippen LogP contribution in [0, 0.1) is 0 Å². The normalized spacial score (nSPS) is 10.4. The van der Waals surface area contributed by atoms with Crippen LogP contribution in [-0.4, -0.2) is 21.0 Å². The van der Waals surface area contributed by atoms with E-state index in [2.05, 4.69) is 9.97 Å². The summed E-state index contributed by atoms with van der Waals surface area (Å²) in [5, 5.41) is 11.4. The van der Waals surface area contributed by atoms with E-state index in [1.807, 2.05) is 23.6 Å². The van der Waals surface area contributed by atoms with E-state index in [1.54, 1.807) is 17.5 Å². The summed E-state index contributed by atoms with van der Waals surface area (Å²) in [6, 6.07) is 5.71. The van der Waals surface area contributed by atoms with Crippen molar-refractivity contribution in [3.8, 4) is 10.7 Å². The Kier molecular flexibility index (Phi) is 3.82. The molecule has 0 saturated carbocycles. The zero-order valence-electron chi connectivity index (χ0n) is 9.17. The number of pyridine rings is 1. The molecule has 4 nitrogen and oxygen atoms in total. The first-order valence-corrected chi connectivity index (χ1v) is 6.21. The zero-order valence-corrected chi connectivity index (χ0v) is 9.98. The Morgan fingerprint density at radius 1 is 1.41 bits per heavy atom. The Bertz CT molecular complexity index is 496. The Hall–Kier alpha value is -1.75. The molecule has 0 spiro atoms. The van der Waals surface area contributed by atoms with Gasteiger partial charge in [-0.05, 0) is 25.0 Å². The van der Waals surface area contributed by atoms with Crippen LogP contribution in [-0.2, 0) is 11.2 Å². The minimum Gasteiger partial charge on any atom is -0.481 e. The molecule has 0 aromatic carbocycles. The van der Waals surface area contributed by atoms with E-state index >= 15 is 0 Å². The van der Waals surface area contributed by atoms with Crippen molar-refractivity contribution < 1.29 is 9.90 Å². The standard InChI is InChI=1S/C12H12N2O2S/c15-11(16)6-3-4-9-8-17-12(14-9)10-5-1-2-7-13-10/h1-2,5,7-8H,3-4,6H2,(H,15,16). The third-order valence-corrected chi connectivity index (χ3v) is 3.17. The Morgan fingerprint density at radius 2 is 2.29 bits per heavy atom. The summed E-state index contributed by atoms with van der Waals surface area (Å²) >= 11 is 1.54. The predicted octanol–water partition coefficient (Wildman–Crippen LogP) is 2.61. The quantitative estimate of drug-likeness (QED) is 0.883. The number of carbonyl (C=O) groups is 1. The summed E-state index contributed by atoms with van der Waals surface area (Å²) < 4.78 is 0. The summed E-state index contributed by atoms with van der Waals surface area (Å²) in [6.45, 7) is 0. The van der Waals surface area contributed by atoms with Gasteiger partial charge in [-0.2, -0.15) is 0 Å². The molecule has 0 radical (unpaired) electrons. The molecule has 0 amide bonds. The molecule has 0 aliphatic rings. The molecule has 0 fully saturated rings. The average Bonchev–Trinajstić information content (AvgIpc) is 2.78. The number of carboxylic acid groups (broad SMARTS) is 1. The van der Waals surface area contributed by atoms with Gasteiger partial charge in [0.2, 0.25) is 0 Å². The number of rotatable bonds is 5. The molecule has 0 saturated heterocycles. The summed E-state index contributed by atoms with van der Waals surface area (Å²) in [5.74, 6) is -0.759. The maximum absolute atomic E-state index is 10.4. The zero-order chi connectivity index (χ0) is 12.1. The van der Waals surface area contributed by atoms with Crippen molar-refractivity contribution in [2.24, 2.45) is 0 Å². The van der Waals surface area contributed by atoms with Crippen molar-refractivity contribution in [3.63, 3.8) is 0 Å². The summed E-state index contributed by atoms with van der Waals surface area (Å²) in [7, 11) is 0. The molecule has 2 rings (SSSR count). The van der Waals surface area contributed by atoms with Crippen LogP contribution in [0.2, 0.25) is 0 Å². The SMILES string of the molecule is O=C(O)CCCc1csc(-c2ccccn2)n1. The number of hydrogen-bond donors (Lipinski definition) is 1. The highest BCUT2D eigenvalue weighted by Gasteiger charge is 2.06. The van der Waals surface area contributed by atoms with Gasteiger partial charge in [-0.25, -0.2) is 4.98 Å². The second-order valence-corrected chi connectivity index (χ2v) is 4.46. The monoisotopic (exact) mass is 248 g/mol. The molecule has 0 aliphatic carbocycles. The molecule has 88 valence electrons. The molecule has 2 aromatic heterocycles. The number of carboxylic acids is 1. The number of aryl methyl sites for hydroxylation is 1. The van der Waals surface area contributed by atoms with Crippen molar-refractivity contribution in [1.82, 2.24) is 9.97 Å². The maximum atomic E-state index is 10.4. The van der Waals surface area contributed by atoms with Crippen LogP contribution in [0.4, 0.5) is 0 Å². The fraction of sp³-hybridized carbons (Fsp3) is 0.250. The maximum Gasteiger partial charge on any atom is 0.303 e. The fourth-order valence-corrected chi connectivity index (χ4v) is 2.28. The molecule has 0 aliphatic heterocycles. The van der Waals surface area contributed by atoms with Crippen LogP contribution in [0.5, 0.6) is 0 Å². The van der Waals surface area contributed by atoms with Crippen molar-refractivity contribution in [2.45, 2.75) is 19.3 Å². The Morgan fingerprint density at radius 3 is 3.00 bits per heavy atom. The van der Waals surface area contributed by atoms with Crippen molar-refractivity contribution in [2.75, 3.05) is 0 Å². The predicted molar refractivity (Wildman–Crippen MR) is 65.9 cm³/mol. The Labute approximate surface area is 103 Å². The van der Waals surface area contributed by atoms with Crippen LogP contribution in [0.1, 0.15) is 18.5 Å². The first kappa shape index (κ1) is 11.7. The lowest BCUT2D eigenvalue weighted by Crippen LogP contribution is -1.96. The van der Waals surface area contributed by atoms with E-state index in [4.69, 9.17) is 5.11 Å². The number of nitrogens with zero attached hydrogens (tertiary/aromatic N) is 2. The third kappa shape index (κ3) is 3.35. The van der Waals surface area contributed by atoms with Crippen molar-refractivity contribution in [1.29, 1.82) is 0 Å². The minimum absolute atomic E-state index is 0.191. The highest BCUT2D eigenvalue weighted by molar-refractivity contribution is 7.13. The minimum atomic E-state index is -0.759. The summed E-state index contributed by atoms with van der Waals surface area (Å²) in [6.07, 6.45) is 3.26. The summed E-state index contributed by atoms with van der Waals surface area (Å²) in [5.41, 5.74) is 1.80. The van der Waals surface area contributed by atoms with E-state index in [0.29, 0.717) is 12.8 Å². The van der Waals surface area contributed by atoms with Crippen LogP contribution >= 0.6 is 11.3 Å². The van der Waals surface area contributed by atoms with Gasteiger partial charge in [-0.3, -0.25) is 9.78 Å². The topological polar surface area (TPSA) is 63.1 Å². The van der Waals surface area contributed by atoms with Crippen molar-refractivity contribution in [3.05, 3.63) is 35.5 Å². The molecule has 2 aromatic rings. The second kappa shape index (κ2) is 5.54. The molecule has 5 heteroatoms. The fourth-order valence-electron chi connectivity index (χ4n) is 1.45. The molecule has 1 N–H and O–H groups in total. The van der Waals surface area contributed by atoms with Crippen LogP contribution < -0.4 is 0 Å². The first-order chi connectivity index (χ1) is 8.25. The lowest BCUT2D eigenvalue weighted by Gasteiger charge is -1.94. The number of aliphatic carboxylic acids is 1. The first-order valence-electron chi connectivity index (χ1n) is 5.33. The largest absolute Gasteiger partial charge is 0.481 e. The average molecular weight is 248 g/mol. The smallest absolute Gasteiger partial charge is 0.303 e. The van der Waals surface area contributed by atoms with Gasteiger partial charge in [-0.15, -0.1) is 11.3 Å². The summed E-state index contributed by atoms with van der Waals surface area (Å²) in [4.78, 5) is 19.1. The van der Waals surface area contributed by atoms with Gasteiger partial charge >= 0.3 is 5.97 Å². The number of hydrogen-bond acceptors (Lipinski definition) is 4. The lowest BCUT2D eigenvalue weighted by atomic mass is 10.2. The van der Waals surface area contributed by atoms with Crippen molar-refractivity contribution >= 4 is 17.3 Å². The van der Waals surface area contributed by atoms with Crippen LogP contribution in [0.15, 0.2) is 29.8 Å². The van der Waals surface area contributed by atoms with Gasteiger partial charge in [0.25, 0.3) is 0 Å². The van der Waals surface area contributed by atoms with Gasteiger partial charge < -0.3 is 5.11 Å². The van der Waals surface area contributed by atoms with Crippen LogP contribution in [0.3, 0.4) is 0 Å².